The molecule has 0 unspecified atom stereocenters. The van der Waals surface area contributed by atoms with E-state index in [4.69, 9.17) is 11.5 Å². The lowest BCUT2D eigenvalue weighted by Gasteiger charge is -2.01. The first-order valence-corrected chi connectivity index (χ1v) is 2.58. The molecule has 0 aliphatic rings. The van der Waals surface area contributed by atoms with Crippen LogP contribution in [0, 0.1) is 12.3 Å². The maximum Gasteiger partial charge on any atom is 0.317 e. The van der Waals surface area contributed by atoms with E-state index in [2.05, 4.69) is 11.2 Å². The van der Waals surface area contributed by atoms with Crippen molar-refractivity contribution in [2.75, 3.05) is 6.54 Å². The average Bonchev–Trinajstić information content (AvgIpc) is 1.83. The normalized spacial score (nSPS) is 12.0. The largest absolute Gasteiger partial charge is 0.480 e. The average molecular weight is 127 g/mol. The fourth-order valence-electron chi connectivity index (χ4n) is 0.299. The highest BCUT2D eigenvalue weighted by Crippen LogP contribution is 1.73. The van der Waals surface area contributed by atoms with E-state index < -0.39 is 5.97 Å². The molecular weight excluding hydrogens is 118 g/mol. The van der Waals surface area contributed by atoms with Gasteiger partial charge >= 0.3 is 5.97 Å². The molecule has 0 fully saturated rings. The lowest BCUT2D eigenvalue weighted by atomic mass is 10.3. The Balaban J connectivity index is 3.30. The lowest BCUT2D eigenvalue weighted by molar-refractivity contribution is -0.136. The molecule has 0 aromatic rings. The minimum atomic E-state index is -0.892. The van der Waals surface area contributed by atoms with Crippen LogP contribution in [-0.4, -0.2) is 23.7 Å². The highest BCUT2D eigenvalue weighted by molar-refractivity contribution is 5.69. The van der Waals surface area contributed by atoms with E-state index in [1.54, 1.807) is 6.92 Å². The quantitative estimate of drug-likeness (QED) is 0.511. The summed E-state index contributed by atoms with van der Waals surface area (Å²) in [6.45, 7) is 1.65. The zero-order valence-electron chi connectivity index (χ0n) is 5.22. The van der Waals surface area contributed by atoms with Crippen molar-refractivity contribution in [3.8, 4) is 12.3 Å². The second kappa shape index (κ2) is 3.93. The zero-order chi connectivity index (χ0) is 7.28. The second-order valence-corrected chi connectivity index (χ2v) is 1.66. The molecule has 3 heteroatoms. The van der Waals surface area contributed by atoms with E-state index in [-0.39, 0.29) is 12.6 Å². The van der Waals surface area contributed by atoms with E-state index in [1.807, 2.05) is 0 Å². The van der Waals surface area contributed by atoms with Crippen molar-refractivity contribution in [3.05, 3.63) is 0 Å². The summed E-state index contributed by atoms with van der Waals surface area (Å²) in [5.41, 5.74) is 0. The molecule has 2 N–H and O–H groups in total. The van der Waals surface area contributed by atoms with Gasteiger partial charge in [-0.05, 0) is 6.92 Å². The summed E-state index contributed by atoms with van der Waals surface area (Å²) in [4.78, 5) is 9.89. The Morgan fingerprint density at radius 3 is 2.89 bits per heavy atom. The van der Waals surface area contributed by atoms with Crippen molar-refractivity contribution >= 4 is 5.97 Å². The number of carbonyl (C=O) groups is 1. The third-order valence-corrected chi connectivity index (χ3v) is 0.809. The van der Waals surface area contributed by atoms with Crippen molar-refractivity contribution in [2.45, 2.75) is 13.0 Å². The number of hydrogen-bond donors (Lipinski definition) is 2. The fraction of sp³-hybridized carbons (Fsp3) is 0.500. The van der Waals surface area contributed by atoms with Crippen LogP contribution in [0.2, 0.25) is 0 Å². The monoisotopic (exact) mass is 127 g/mol. The van der Waals surface area contributed by atoms with E-state index in [9.17, 15) is 4.79 Å². The maximum absolute atomic E-state index is 9.89. The number of aliphatic carboxylic acids is 1. The van der Waals surface area contributed by atoms with Crippen LogP contribution in [0.15, 0.2) is 0 Å². The molecule has 9 heavy (non-hydrogen) atoms. The van der Waals surface area contributed by atoms with Gasteiger partial charge in [0.15, 0.2) is 0 Å². The predicted molar refractivity (Wildman–Crippen MR) is 33.9 cm³/mol. The van der Waals surface area contributed by atoms with Gasteiger partial charge in [0.25, 0.3) is 0 Å². The van der Waals surface area contributed by atoms with Crippen LogP contribution in [0.3, 0.4) is 0 Å². The van der Waals surface area contributed by atoms with Gasteiger partial charge in [0.2, 0.25) is 0 Å². The Labute approximate surface area is 54.1 Å². The Kier molecular flexibility index (Phi) is 3.49. The highest BCUT2D eigenvalue weighted by Gasteiger charge is 1.97. The first-order chi connectivity index (χ1) is 4.16. The standard InChI is InChI=1S/C6H9NO2/c1-3-5(2)7-4-6(8)9/h1,5,7H,4H2,2H3,(H,8,9)/t5-/m1/s1. The van der Waals surface area contributed by atoms with E-state index in [0.717, 1.165) is 0 Å². The zero-order valence-corrected chi connectivity index (χ0v) is 5.22. The minimum absolute atomic E-state index is 0.0780. The van der Waals surface area contributed by atoms with Crippen LogP contribution in [-0.2, 0) is 4.79 Å². The molecule has 0 aliphatic heterocycles. The molecule has 1 atom stereocenters. The molecule has 50 valence electrons. The summed E-state index contributed by atoms with van der Waals surface area (Å²) in [6.07, 6.45) is 4.95. The van der Waals surface area contributed by atoms with Crippen molar-refractivity contribution in [1.82, 2.24) is 5.32 Å². The summed E-state index contributed by atoms with van der Waals surface area (Å²) in [5, 5.41) is 10.7. The SMILES string of the molecule is C#C[C@@H](C)NCC(=O)O. The highest BCUT2D eigenvalue weighted by atomic mass is 16.4. The van der Waals surface area contributed by atoms with Gasteiger partial charge in [-0.2, -0.15) is 0 Å². The lowest BCUT2D eigenvalue weighted by Crippen LogP contribution is -2.29. The van der Waals surface area contributed by atoms with Gasteiger partial charge in [-0.25, -0.2) is 0 Å². The summed E-state index contributed by atoms with van der Waals surface area (Å²) in [5.74, 6) is 1.45. The third kappa shape index (κ3) is 4.85. The predicted octanol–water partition coefficient (Wildman–Crippen LogP) is -0.318. The molecule has 0 radical (unpaired) electrons. The Hall–Kier alpha value is -1.01. The fourth-order valence-corrected chi connectivity index (χ4v) is 0.299. The van der Waals surface area contributed by atoms with Crippen molar-refractivity contribution in [3.63, 3.8) is 0 Å². The number of rotatable bonds is 3. The summed E-state index contributed by atoms with van der Waals surface area (Å²) >= 11 is 0. The molecule has 0 saturated carbocycles. The molecule has 0 bridgehead atoms. The molecule has 0 amide bonds. The van der Waals surface area contributed by atoms with E-state index in [0.29, 0.717) is 0 Å². The number of hydrogen-bond acceptors (Lipinski definition) is 2. The van der Waals surface area contributed by atoms with Gasteiger partial charge in [0.05, 0.1) is 12.6 Å². The first kappa shape index (κ1) is 7.99. The number of carboxylic acids is 1. The van der Waals surface area contributed by atoms with Crippen LogP contribution in [0.1, 0.15) is 6.92 Å². The third-order valence-electron chi connectivity index (χ3n) is 0.809. The van der Waals surface area contributed by atoms with Crippen LogP contribution in [0.25, 0.3) is 0 Å². The van der Waals surface area contributed by atoms with Gasteiger partial charge in [0, 0.05) is 0 Å². The first-order valence-electron chi connectivity index (χ1n) is 2.58. The Morgan fingerprint density at radius 1 is 2.00 bits per heavy atom. The van der Waals surface area contributed by atoms with Crippen LogP contribution >= 0.6 is 0 Å². The van der Waals surface area contributed by atoms with Crippen molar-refractivity contribution in [2.24, 2.45) is 0 Å². The van der Waals surface area contributed by atoms with Gasteiger partial charge in [0.1, 0.15) is 0 Å². The topological polar surface area (TPSA) is 49.3 Å². The van der Waals surface area contributed by atoms with Gasteiger partial charge < -0.3 is 5.11 Å². The molecule has 0 saturated heterocycles. The molecule has 3 nitrogen and oxygen atoms in total. The number of carboxylic acid groups (broad SMARTS) is 1. The van der Waals surface area contributed by atoms with Gasteiger partial charge in [-0.1, -0.05) is 5.92 Å². The van der Waals surface area contributed by atoms with Gasteiger partial charge in [-0.3, -0.25) is 10.1 Å². The van der Waals surface area contributed by atoms with Crippen molar-refractivity contribution < 1.29 is 9.90 Å². The van der Waals surface area contributed by atoms with E-state index >= 15 is 0 Å². The molecule has 0 aliphatic carbocycles. The van der Waals surface area contributed by atoms with Crippen molar-refractivity contribution in [1.29, 1.82) is 0 Å². The maximum atomic E-state index is 9.89. The molecular formula is C6H9NO2. The summed E-state index contributed by atoms with van der Waals surface area (Å²) < 4.78 is 0. The summed E-state index contributed by atoms with van der Waals surface area (Å²) in [6, 6.07) is -0.166. The molecule has 0 aromatic heterocycles. The minimum Gasteiger partial charge on any atom is -0.480 e. The van der Waals surface area contributed by atoms with Gasteiger partial charge in [-0.15, -0.1) is 6.42 Å². The smallest absolute Gasteiger partial charge is 0.317 e. The number of terminal acetylenes is 1. The Bertz CT molecular complexity index is 136. The van der Waals surface area contributed by atoms with Crippen LogP contribution in [0.4, 0.5) is 0 Å². The molecule has 0 aromatic carbocycles. The summed E-state index contributed by atoms with van der Waals surface area (Å²) in [7, 11) is 0. The number of nitrogens with one attached hydrogen (secondary N) is 1. The van der Waals surface area contributed by atoms with E-state index in [1.165, 1.54) is 0 Å². The Morgan fingerprint density at radius 2 is 2.56 bits per heavy atom. The van der Waals surface area contributed by atoms with Crippen LogP contribution in [0.5, 0.6) is 0 Å². The second-order valence-electron chi connectivity index (χ2n) is 1.66. The molecule has 0 rings (SSSR count). The molecule has 0 spiro atoms. The van der Waals surface area contributed by atoms with Crippen LogP contribution < -0.4 is 5.32 Å². The molecule has 0 heterocycles.